The number of carbonyl (C=O) groups excluding carboxylic acids is 1. The Morgan fingerprint density at radius 2 is 1.52 bits per heavy atom. The number of unbranched alkanes of at least 4 members (excludes halogenated alkanes) is 4. The number of nitrogens with one attached hydrogen (secondary N) is 2. The number of aromatic amines is 2. The largest absolute Gasteiger partial charge is 0.417 e. The first kappa shape index (κ1) is 32.0. The van der Waals surface area contributed by atoms with E-state index in [2.05, 4.69) is 9.97 Å². The molecule has 2 aromatic heterocycles. The number of halogens is 3. The summed E-state index contributed by atoms with van der Waals surface area (Å²) < 4.78 is 68.1. The second kappa shape index (κ2) is 13.3. The average Bonchev–Trinajstić information content (AvgIpc) is 3.38. The molecular weight excluding hydrogens is 593 g/mol. The molecule has 0 bridgehead atoms. The number of benzene rings is 1. The highest BCUT2D eigenvalue weighted by molar-refractivity contribution is 7.89. The van der Waals surface area contributed by atoms with Crippen LogP contribution >= 0.6 is 0 Å². The number of H-pyrrole nitrogens is 2. The molecule has 1 fully saturated rings. The zero-order valence-corrected chi connectivity index (χ0v) is 25.7. The Morgan fingerprint density at radius 3 is 2.18 bits per heavy atom. The summed E-state index contributed by atoms with van der Waals surface area (Å²) in [4.78, 5) is 32.6. The Hall–Kier alpha value is -3.38. The molecule has 5 rings (SSSR count). The van der Waals surface area contributed by atoms with Crippen molar-refractivity contribution >= 4 is 15.9 Å². The number of nitrogens with zero attached hydrogens (tertiary/aromatic N) is 2. The second-order valence-corrected chi connectivity index (χ2v) is 13.8. The van der Waals surface area contributed by atoms with Gasteiger partial charge in [0.1, 0.15) is 0 Å². The van der Waals surface area contributed by atoms with Gasteiger partial charge < -0.3 is 14.9 Å². The number of alkyl halides is 3. The first-order valence-electron chi connectivity index (χ1n) is 15.4. The zero-order valence-electron chi connectivity index (χ0n) is 24.9. The number of carbonyl (C=O) groups is 1. The van der Waals surface area contributed by atoms with Crippen LogP contribution in [-0.4, -0.2) is 65.4 Å². The fourth-order valence-electron chi connectivity index (χ4n) is 6.41. The molecule has 12 heteroatoms. The lowest BCUT2D eigenvalue weighted by Gasteiger charge is -2.33. The number of aryl methyl sites for hydroxylation is 2. The number of aromatic nitrogens is 2. The summed E-state index contributed by atoms with van der Waals surface area (Å²) in [6.45, 7) is 3.11. The lowest BCUT2D eigenvalue weighted by Crippen LogP contribution is -2.50. The molecule has 1 aliphatic carbocycles. The molecule has 0 atom stereocenters. The molecule has 44 heavy (non-hydrogen) atoms. The van der Waals surface area contributed by atoms with Crippen molar-refractivity contribution in [3.05, 3.63) is 69.3 Å². The molecule has 3 aromatic rings. The summed E-state index contributed by atoms with van der Waals surface area (Å²) in [5, 5.41) is 0. The minimum absolute atomic E-state index is 0.0437. The van der Waals surface area contributed by atoms with Crippen LogP contribution in [0.3, 0.4) is 0 Å². The van der Waals surface area contributed by atoms with Gasteiger partial charge in [-0.3, -0.25) is 9.59 Å². The van der Waals surface area contributed by atoms with Gasteiger partial charge >= 0.3 is 6.18 Å². The van der Waals surface area contributed by atoms with Gasteiger partial charge in [-0.2, -0.15) is 17.5 Å². The topological polar surface area (TPSA) is 106 Å². The molecule has 1 aromatic carbocycles. The van der Waals surface area contributed by atoms with E-state index in [-0.39, 0.29) is 17.2 Å². The van der Waals surface area contributed by atoms with Crippen LogP contribution in [0.25, 0.3) is 22.4 Å². The average molecular weight is 633 g/mol. The van der Waals surface area contributed by atoms with Gasteiger partial charge in [-0.15, -0.1) is 0 Å². The van der Waals surface area contributed by atoms with Crippen molar-refractivity contribution in [2.75, 3.05) is 31.9 Å². The van der Waals surface area contributed by atoms with Gasteiger partial charge in [0.15, 0.2) is 0 Å². The molecule has 0 radical (unpaired) electrons. The van der Waals surface area contributed by atoms with Gasteiger partial charge in [-0.05, 0) is 50.2 Å². The van der Waals surface area contributed by atoms with Crippen LogP contribution in [0.1, 0.15) is 68.0 Å². The molecule has 1 aliphatic heterocycles. The maximum atomic E-state index is 14.2. The van der Waals surface area contributed by atoms with E-state index in [0.717, 1.165) is 54.6 Å². The van der Waals surface area contributed by atoms with Gasteiger partial charge in [-0.25, -0.2) is 8.42 Å². The van der Waals surface area contributed by atoms with Gasteiger partial charge in [0.25, 0.3) is 0 Å². The summed E-state index contributed by atoms with van der Waals surface area (Å²) in [6.07, 6.45) is 1.28. The van der Waals surface area contributed by atoms with Crippen molar-refractivity contribution in [2.24, 2.45) is 0 Å². The van der Waals surface area contributed by atoms with Crippen LogP contribution < -0.4 is 5.56 Å². The van der Waals surface area contributed by atoms with Crippen LogP contribution in [0.2, 0.25) is 0 Å². The number of amides is 1. The van der Waals surface area contributed by atoms with Gasteiger partial charge in [0, 0.05) is 66.9 Å². The van der Waals surface area contributed by atoms with E-state index in [1.165, 1.54) is 4.31 Å². The van der Waals surface area contributed by atoms with E-state index in [9.17, 15) is 31.2 Å². The molecular formula is C32H39F3N4O4S. The van der Waals surface area contributed by atoms with E-state index < -0.39 is 27.3 Å². The summed E-state index contributed by atoms with van der Waals surface area (Å²) in [6, 6.07) is 10.3. The van der Waals surface area contributed by atoms with Crippen molar-refractivity contribution in [1.82, 2.24) is 19.2 Å². The molecule has 1 amide bonds. The third-order valence-electron chi connectivity index (χ3n) is 8.71. The highest BCUT2D eigenvalue weighted by Crippen LogP contribution is 2.46. The molecule has 0 saturated carbocycles. The highest BCUT2D eigenvalue weighted by atomic mass is 32.2. The zero-order chi connectivity index (χ0) is 31.5. The Morgan fingerprint density at radius 1 is 0.886 bits per heavy atom. The molecule has 2 aliphatic rings. The second-order valence-electron chi connectivity index (χ2n) is 11.5. The Bertz CT molecular complexity index is 1640. The van der Waals surface area contributed by atoms with Crippen LogP contribution in [0.15, 0.2) is 41.2 Å². The first-order valence-corrected chi connectivity index (χ1v) is 17.0. The first-order chi connectivity index (χ1) is 21.0. The van der Waals surface area contributed by atoms with Crippen molar-refractivity contribution in [2.45, 2.75) is 70.9 Å². The van der Waals surface area contributed by atoms with E-state index in [4.69, 9.17) is 0 Å². The number of rotatable bonds is 11. The maximum absolute atomic E-state index is 14.2. The molecule has 0 unspecified atom stereocenters. The fraction of sp³-hybridized carbons (Fsp3) is 0.500. The molecule has 8 nitrogen and oxygen atoms in total. The summed E-state index contributed by atoms with van der Waals surface area (Å²) in [7, 11) is -3.24. The van der Waals surface area contributed by atoms with Crippen LogP contribution in [-0.2, 0) is 40.3 Å². The highest BCUT2D eigenvalue weighted by Gasteiger charge is 2.39. The van der Waals surface area contributed by atoms with Crippen LogP contribution in [0.4, 0.5) is 13.2 Å². The lowest BCUT2D eigenvalue weighted by molar-refractivity contribution is -0.137. The fourth-order valence-corrected chi connectivity index (χ4v) is 7.50. The Kier molecular flexibility index (Phi) is 9.69. The number of sulfonamides is 1. The number of hydrogen-bond donors (Lipinski definition) is 2. The number of pyridine rings is 1. The molecule has 238 valence electrons. The Balaban J connectivity index is 1.22. The minimum Gasteiger partial charge on any atom is -0.358 e. The summed E-state index contributed by atoms with van der Waals surface area (Å²) in [5.41, 5.74) is 2.66. The van der Waals surface area contributed by atoms with Crippen molar-refractivity contribution in [3.63, 3.8) is 0 Å². The smallest absolute Gasteiger partial charge is 0.358 e. The third kappa shape index (κ3) is 6.96. The number of hydrogen-bond acceptors (Lipinski definition) is 4. The van der Waals surface area contributed by atoms with Crippen molar-refractivity contribution in [1.29, 1.82) is 0 Å². The monoisotopic (exact) mass is 632 g/mol. The standard InChI is InChI=1S/C32H39F3N4O4S/c1-2-44(42,43)39-19-17-38(18-20-39)28(41)14-10-5-3-4-9-13-23-29-25(37-31(23)22-11-7-6-8-12-22)15-16-26-30(29)24(32(33,34)35)21-27(40)36-26/h6-8,11-12,21,37H,2-5,9-10,13-20H2,1H3,(H,36,40). The normalized spacial score (nSPS) is 15.7. The van der Waals surface area contributed by atoms with Gasteiger partial charge in [-0.1, -0.05) is 49.6 Å². The Labute approximate surface area is 255 Å². The molecule has 3 heterocycles. The molecule has 2 N–H and O–H groups in total. The molecule has 0 spiro atoms. The molecule has 1 saturated heterocycles. The quantitative estimate of drug-likeness (QED) is 0.271. The van der Waals surface area contributed by atoms with Crippen LogP contribution in [0, 0.1) is 0 Å². The lowest BCUT2D eigenvalue weighted by atomic mass is 9.85. The van der Waals surface area contributed by atoms with Gasteiger partial charge in [0.2, 0.25) is 21.5 Å². The summed E-state index contributed by atoms with van der Waals surface area (Å²) in [5.74, 6) is 0.103. The predicted molar refractivity (Wildman–Crippen MR) is 164 cm³/mol. The van der Waals surface area contributed by atoms with E-state index in [1.54, 1.807) is 11.8 Å². The SMILES string of the molecule is CCS(=O)(=O)N1CCN(C(=O)CCCCCCCc2c(-c3ccccc3)[nH]c3c2-c2c(C(F)(F)F)cc(=O)[nH]c2CC3)CC1. The minimum atomic E-state index is -4.66. The predicted octanol–water partition coefficient (Wildman–Crippen LogP) is 5.53. The maximum Gasteiger partial charge on any atom is 0.417 e. The van der Waals surface area contributed by atoms with E-state index >= 15 is 0 Å². The number of piperazine rings is 1. The van der Waals surface area contributed by atoms with Crippen LogP contribution in [0.5, 0.6) is 0 Å². The van der Waals surface area contributed by atoms with E-state index in [0.29, 0.717) is 69.2 Å². The third-order valence-corrected chi connectivity index (χ3v) is 10.6. The van der Waals surface area contributed by atoms with E-state index in [1.807, 2.05) is 30.3 Å². The van der Waals surface area contributed by atoms with Gasteiger partial charge in [0.05, 0.1) is 11.3 Å². The summed E-state index contributed by atoms with van der Waals surface area (Å²) >= 11 is 0. The van der Waals surface area contributed by atoms with Crippen molar-refractivity contribution in [3.8, 4) is 22.4 Å². The number of fused-ring (bicyclic) bond motifs is 3. The van der Waals surface area contributed by atoms with Crippen molar-refractivity contribution < 1.29 is 26.4 Å².